The van der Waals surface area contributed by atoms with Gasteiger partial charge in [0.25, 0.3) is 5.91 Å². The largest absolute Gasteiger partial charge is 0.399 e. The van der Waals surface area contributed by atoms with E-state index in [9.17, 15) is 4.79 Å². The molecular weight excluding hydrogens is 164 g/mol. The minimum absolute atomic E-state index is 0.624. The summed E-state index contributed by atoms with van der Waals surface area (Å²) in [6.45, 7) is 1.89. The number of nitrogen functional groups attached to an aromatic ring is 1. The first-order valence-corrected chi connectivity index (χ1v) is 3.77. The van der Waals surface area contributed by atoms with E-state index in [4.69, 9.17) is 11.5 Å². The number of anilines is 1. The fourth-order valence-electron chi connectivity index (χ4n) is 0.903. The van der Waals surface area contributed by atoms with Crippen molar-refractivity contribution in [1.82, 2.24) is 0 Å². The number of primary amides is 1. The van der Waals surface area contributed by atoms with Gasteiger partial charge in [-0.05, 0) is 30.5 Å². The second-order valence-corrected chi connectivity index (χ2v) is 2.69. The predicted molar refractivity (Wildman–Crippen MR) is 51.7 cm³/mol. The second-order valence-electron chi connectivity index (χ2n) is 2.69. The molecule has 0 aliphatic rings. The summed E-state index contributed by atoms with van der Waals surface area (Å²) < 4.78 is 0. The maximum atomic E-state index is 10.4. The molecular formula is C10H10N2O. The molecule has 0 spiro atoms. The minimum Gasteiger partial charge on any atom is -0.399 e. The molecule has 1 aromatic carbocycles. The van der Waals surface area contributed by atoms with E-state index >= 15 is 0 Å². The molecule has 0 saturated carbocycles. The third-order valence-corrected chi connectivity index (χ3v) is 1.58. The van der Waals surface area contributed by atoms with Crippen LogP contribution in [0.5, 0.6) is 0 Å². The van der Waals surface area contributed by atoms with Gasteiger partial charge in [-0.15, -0.1) is 0 Å². The molecule has 3 nitrogen and oxygen atoms in total. The zero-order valence-corrected chi connectivity index (χ0v) is 7.29. The van der Waals surface area contributed by atoms with Gasteiger partial charge in [0.15, 0.2) is 0 Å². The van der Waals surface area contributed by atoms with Gasteiger partial charge in [0.2, 0.25) is 0 Å². The summed E-state index contributed by atoms with van der Waals surface area (Å²) in [5, 5.41) is 0. The molecule has 66 valence electrons. The number of rotatable bonds is 0. The van der Waals surface area contributed by atoms with Crippen molar-refractivity contribution in [2.45, 2.75) is 6.92 Å². The minimum atomic E-state index is -0.637. The zero-order chi connectivity index (χ0) is 9.84. The van der Waals surface area contributed by atoms with Crippen molar-refractivity contribution in [2.24, 2.45) is 5.73 Å². The molecule has 1 rings (SSSR count). The smallest absolute Gasteiger partial charge is 0.293 e. The number of carbonyl (C=O) groups excluding carboxylic acids is 1. The number of hydrogen-bond donors (Lipinski definition) is 2. The van der Waals surface area contributed by atoms with Gasteiger partial charge in [0, 0.05) is 11.3 Å². The van der Waals surface area contributed by atoms with E-state index in [1.54, 1.807) is 12.1 Å². The standard InChI is InChI=1S/C10H10N2O/c1-7-2-4-9(11)6-8(7)3-5-10(12)13/h2,4,6H,11H2,1H3,(H2,12,13). The Balaban J connectivity index is 3.09. The number of benzene rings is 1. The fourth-order valence-corrected chi connectivity index (χ4v) is 0.903. The fraction of sp³-hybridized carbons (Fsp3) is 0.100. The summed E-state index contributed by atoms with van der Waals surface area (Å²) in [6.07, 6.45) is 0. The van der Waals surface area contributed by atoms with Gasteiger partial charge in [0.05, 0.1) is 0 Å². The van der Waals surface area contributed by atoms with Crippen molar-refractivity contribution in [3.8, 4) is 11.8 Å². The lowest BCUT2D eigenvalue weighted by atomic mass is 10.1. The van der Waals surface area contributed by atoms with Crippen LogP contribution in [0, 0.1) is 18.8 Å². The first-order valence-electron chi connectivity index (χ1n) is 3.77. The number of nitrogens with two attached hydrogens (primary N) is 2. The summed E-state index contributed by atoms with van der Waals surface area (Å²) >= 11 is 0. The van der Waals surface area contributed by atoms with E-state index in [0.717, 1.165) is 11.1 Å². The van der Waals surface area contributed by atoms with Crippen molar-refractivity contribution < 1.29 is 4.79 Å². The highest BCUT2D eigenvalue weighted by atomic mass is 16.1. The summed E-state index contributed by atoms with van der Waals surface area (Å²) in [7, 11) is 0. The Morgan fingerprint density at radius 1 is 1.46 bits per heavy atom. The van der Waals surface area contributed by atoms with Gasteiger partial charge >= 0.3 is 0 Å². The lowest BCUT2D eigenvalue weighted by molar-refractivity contribution is -0.112. The molecule has 1 aromatic rings. The normalized spacial score (nSPS) is 8.69. The molecule has 0 unspecified atom stereocenters. The first kappa shape index (κ1) is 9.14. The Kier molecular flexibility index (Phi) is 2.56. The highest BCUT2D eigenvalue weighted by Crippen LogP contribution is 2.10. The molecule has 0 atom stereocenters. The van der Waals surface area contributed by atoms with Crippen LogP contribution in [0.4, 0.5) is 5.69 Å². The van der Waals surface area contributed by atoms with Crippen molar-refractivity contribution in [3.05, 3.63) is 29.3 Å². The van der Waals surface area contributed by atoms with Crippen molar-refractivity contribution in [3.63, 3.8) is 0 Å². The average molecular weight is 174 g/mol. The van der Waals surface area contributed by atoms with Crippen molar-refractivity contribution >= 4 is 11.6 Å². The number of aryl methyl sites for hydroxylation is 1. The number of amides is 1. The zero-order valence-electron chi connectivity index (χ0n) is 7.29. The molecule has 3 heteroatoms. The van der Waals surface area contributed by atoms with Gasteiger partial charge < -0.3 is 11.5 Å². The lowest BCUT2D eigenvalue weighted by Gasteiger charge is -1.98. The summed E-state index contributed by atoms with van der Waals surface area (Å²) in [5.41, 5.74) is 12.8. The van der Waals surface area contributed by atoms with E-state index in [2.05, 4.69) is 11.8 Å². The van der Waals surface area contributed by atoms with Crippen LogP contribution in [-0.2, 0) is 4.79 Å². The maximum Gasteiger partial charge on any atom is 0.293 e. The first-order chi connectivity index (χ1) is 6.09. The van der Waals surface area contributed by atoms with E-state index in [-0.39, 0.29) is 0 Å². The van der Waals surface area contributed by atoms with Gasteiger partial charge in [-0.2, -0.15) is 0 Å². The molecule has 0 fully saturated rings. The Morgan fingerprint density at radius 3 is 2.77 bits per heavy atom. The predicted octanol–water partition coefficient (Wildman–Crippen LogP) is 0.414. The monoisotopic (exact) mass is 174 g/mol. The topological polar surface area (TPSA) is 69.1 Å². The average Bonchev–Trinajstić information content (AvgIpc) is 2.06. The van der Waals surface area contributed by atoms with Gasteiger partial charge in [-0.1, -0.05) is 12.0 Å². The second kappa shape index (κ2) is 3.63. The van der Waals surface area contributed by atoms with E-state index < -0.39 is 5.91 Å². The number of hydrogen-bond acceptors (Lipinski definition) is 2. The van der Waals surface area contributed by atoms with Crippen LogP contribution in [0.15, 0.2) is 18.2 Å². The van der Waals surface area contributed by atoms with Crippen LogP contribution >= 0.6 is 0 Å². The van der Waals surface area contributed by atoms with E-state index in [1.165, 1.54) is 0 Å². The van der Waals surface area contributed by atoms with Crippen molar-refractivity contribution in [2.75, 3.05) is 5.73 Å². The van der Waals surface area contributed by atoms with Gasteiger partial charge in [-0.25, -0.2) is 0 Å². The van der Waals surface area contributed by atoms with Crippen molar-refractivity contribution in [1.29, 1.82) is 0 Å². The molecule has 0 radical (unpaired) electrons. The Labute approximate surface area is 76.7 Å². The van der Waals surface area contributed by atoms with Crippen LogP contribution in [0.1, 0.15) is 11.1 Å². The quantitative estimate of drug-likeness (QED) is 0.442. The molecule has 0 aliphatic heterocycles. The summed E-state index contributed by atoms with van der Waals surface area (Å²) in [5.74, 6) is 4.27. The molecule has 0 bridgehead atoms. The summed E-state index contributed by atoms with van der Waals surface area (Å²) in [6, 6.07) is 5.34. The maximum absolute atomic E-state index is 10.4. The highest BCUT2D eigenvalue weighted by molar-refractivity contribution is 5.92. The molecule has 0 aliphatic carbocycles. The van der Waals surface area contributed by atoms with Gasteiger partial charge in [0.1, 0.15) is 0 Å². The van der Waals surface area contributed by atoms with E-state index in [0.29, 0.717) is 5.69 Å². The molecule has 13 heavy (non-hydrogen) atoms. The molecule has 4 N–H and O–H groups in total. The Hall–Kier alpha value is -1.95. The van der Waals surface area contributed by atoms with Crippen LogP contribution in [0.25, 0.3) is 0 Å². The number of carbonyl (C=O) groups is 1. The van der Waals surface area contributed by atoms with Crippen LogP contribution in [0.2, 0.25) is 0 Å². The molecule has 1 amide bonds. The third-order valence-electron chi connectivity index (χ3n) is 1.58. The van der Waals surface area contributed by atoms with Crippen LogP contribution in [-0.4, -0.2) is 5.91 Å². The lowest BCUT2D eigenvalue weighted by Crippen LogP contribution is -2.06. The van der Waals surface area contributed by atoms with E-state index in [1.807, 2.05) is 13.0 Å². The Bertz CT molecular complexity index is 399. The third kappa shape index (κ3) is 2.53. The Morgan fingerprint density at radius 2 is 2.15 bits per heavy atom. The molecule has 0 aromatic heterocycles. The summed E-state index contributed by atoms with van der Waals surface area (Å²) in [4.78, 5) is 10.4. The molecule has 0 heterocycles. The van der Waals surface area contributed by atoms with Crippen LogP contribution in [0.3, 0.4) is 0 Å². The van der Waals surface area contributed by atoms with Gasteiger partial charge in [-0.3, -0.25) is 4.79 Å². The molecule has 0 saturated heterocycles. The SMILES string of the molecule is Cc1ccc(N)cc1C#CC(N)=O. The van der Waals surface area contributed by atoms with Crippen LogP contribution < -0.4 is 11.5 Å². The highest BCUT2D eigenvalue weighted by Gasteiger charge is 1.94.